The van der Waals surface area contributed by atoms with Crippen LogP contribution in [-0.4, -0.2) is 5.54 Å². The molecule has 1 aromatic carbocycles. The van der Waals surface area contributed by atoms with Crippen LogP contribution in [0.4, 0.5) is 0 Å². The summed E-state index contributed by atoms with van der Waals surface area (Å²) in [5.41, 5.74) is 3.49. The smallest absolute Gasteiger partial charge is 0.0226 e. The van der Waals surface area contributed by atoms with Gasteiger partial charge < -0.3 is 5.32 Å². The molecular weight excluding hydrogens is 226 g/mol. The lowest BCUT2D eigenvalue weighted by Crippen LogP contribution is -2.37. The molecule has 0 saturated heterocycles. The molecule has 0 aromatic heterocycles. The standard InChI is InChI=1S/C11H12BrN/c12-10-3-1-2-8-6-11(4-5-11)13-7-9(8)10/h1-3,13H,4-7H2. The number of hydrogen-bond donors (Lipinski definition) is 1. The van der Waals surface area contributed by atoms with Crippen molar-refractivity contribution in [3.8, 4) is 0 Å². The van der Waals surface area contributed by atoms with E-state index in [4.69, 9.17) is 0 Å². The molecule has 1 N–H and O–H groups in total. The van der Waals surface area contributed by atoms with Gasteiger partial charge in [-0.25, -0.2) is 0 Å². The van der Waals surface area contributed by atoms with E-state index >= 15 is 0 Å². The fraction of sp³-hybridized carbons (Fsp3) is 0.455. The maximum atomic E-state index is 3.64. The van der Waals surface area contributed by atoms with Crippen LogP contribution in [0.15, 0.2) is 22.7 Å². The maximum Gasteiger partial charge on any atom is 0.0226 e. The summed E-state index contributed by atoms with van der Waals surface area (Å²) >= 11 is 3.60. The van der Waals surface area contributed by atoms with Gasteiger partial charge in [0, 0.05) is 16.6 Å². The van der Waals surface area contributed by atoms with Crippen molar-refractivity contribution in [3.05, 3.63) is 33.8 Å². The van der Waals surface area contributed by atoms with E-state index in [1.165, 1.54) is 34.9 Å². The summed E-state index contributed by atoms with van der Waals surface area (Å²) in [6.07, 6.45) is 3.94. The van der Waals surface area contributed by atoms with Crippen LogP contribution < -0.4 is 5.32 Å². The first-order chi connectivity index (χ1) is 6.29. The van der Waals surface area contributed by atoms with Gasteiger partial charge in [-0.2, -0.15) is 0 Å². The van der Waals surface area contributed by atoms with Crippen LogP contribution in [-0.2, 0) is 13.0 Å². The highest BCUT2D eigenvalue weighted by atomic mass is 79.9. The molecule has 1 nitrogen and oxygen atoms in total. The van der Waals surface area contributed by atoms with Crippen molar-refractivity contribution in [2.75, 3.05) is 0 Å². The number of benzene rings is 1. The first-order valence-electron chi connectivity index (χ1n) is 4.80. The zero-order valence-electron chi connectivity index (χ0n) is 7.44. The Morgan fingerprint density at radius 3 is 2.92 bits per heavy atom. The first-order valence-corrected chi connectivity index (χ1v) is 5.60. The van der Waals surface area contributed by atoms with E-state index in [0.717, 1.165) is 6.54 Å². The molecule has 68 valence electrons. The monoisotopic (exact) mass is 237 g/mol. The highest BCUT2D eigenvalue weighted by molar-refractivity contribution is 9.10. The normalized spacial score (nSPS) is 22.8. The minimum absolute atomic E-state index is 0.494. The van der Waals surface area contributed by atoms with E-state index < -0.39 is 0 Å². The van der Waals surface area contributed by atoms with Crippen LogP contribution in [0.5, 0.6) is 0 Å². The van der Waals surface area contributed by atoms with E-state index in [-0.39, 0.29) is 0 Å². The predicted molar refractivity (Wildman–Crippen MR) is 56.7 cm³/mol. The second-order valence-corrected chi connectivity index (χ2v) is 5.04. The van der Waals surface area contributed by atoms with Gasteiger partial charge in [0.25, 0.3) is 0 Å². The summed E-state index contributed by atoms with van der Waals surface area (Å²) in [6, 6.07) is 6.54. The van der Waals surface area contributed by atoms with Gasteiger partial charge >= 0.3 is 0 Å². The molecule has 0 atom stereocenters. The molecule has 0 bridgehead atoms. The molecule has 2 heteroatoms. The van der Waals surface area contributed by atoms with Crippen molar-refractivity contribution in [2.24, 2.45) is 0 Å². The van der Waals surface area contributed by atoms with Crippen molar-refractivity contribution in [1.82, 2.24) is 5.32 Å². The zero-order chi connectivity index (χ0) is 8.89. The number of halogens is 1. The van der Waals surface area contributed by atoms with Crippen LogP contribution >= 0.6 is 15.9 Å². The van der Waals surface area contributed by atoms with Gasteiger partial charge in [0.1, 0.15) is 0 Å². The van der Waals surface area contributed by atoms with Crippen LogP contribution in [0.3, 0.4) is 0 Å². The fourth-order valence-electron chi connectivity index (χ4n) is 2.17. The van der Waals surface area contributed by atoms with Crippen molar-refractivity contribution in [3.63, 3.8) is 0 Å². The van der Waals surface area contributed by atoms with E-state index in [1.54, 1.807) is 0 Å². The second-order valence-electron chi connectivity index (χ2n) is 4.19. The van der Waals surface area contributed by atoms with Crippen LogP contribution in [0.2, 0.25) is 0 Å². The van der Waals surface area contributed by atoms with E-state index in [1.807, 2.05) is 0 Å². The van der Waals surface area contributed by atoms with Crippen molar-refractivity contribution in [2.45, 2.75) is 31.3 Å². The Morgan fingerprint density at radius 2 is 2.15 bits per heavy atom. The summed E-state index contributed by atoms with van der Waals surface area (Å²) in [5.74, 6) is 0. The Morgan fingerprint density at radius 1 is 1.31 bits per heavy atom. The molecule has 1 aliphatic heterocycles. The minimum atomic E-state index is 0.494. The lowest BCUT2D eigenvalue weighted by Gasteiger charge is -2.26. The molecule has 1 spiro atoms. The second kappa shape index (κ2) is 2.58. The molecule has 1 aliphatic carbocycles. The molecule has 1 fully saturated rings. The quantitative estimate of drug-likeness (QED) is 0.732. The Balaban J connectivity index is 2.05. The van der Waals surface area contributed by atoms with Gasteiger partial charge in [0.05, 0.1) is 0 Å². The topological polar surface area (TPSA) is 12.0 Å². The highest BCUT2D eigenvalue weighted by Crippen LogP contribution is 2.42. The fourth-order valence-corrected chi connectivity index (χ4v) is 2.72. The summed E-state index contributed by atoms with van der Waals surface area (Å²) in [6.45, 7) is 1.04. The number of fused-ring (bicyclic) bond motifs is 1. The molecule has 0 radical (unpaired) electrons. The van der Waals surface area contributed by atoms with E-state index in [9.17, 15) is 0 Å². The Labute approximate surface area is 86.7 Å². The van der Waals surface area contributed by atoms with Gasteiger partial charge in [-0.3, -0.25) is 0 Å². The molecule has 2 aliphatic rings. The molecule has 0 amide bonds. The number of hydrogen-bond acceptors (Lipinski definition) is 1. The van der Waals surface area contributed by atoms with Crippen LogP contribution in [0, 0.1) is 0 Å². The lowest BCUT2D eigenvalue weighted by atomic mass is 9.94. The third kappa shape index (κ3) is 1.24. The minimum Gasteiger partial charge on any atom is -0.307 e. The first kappa shape index (κ1) is 8.01. The number of rotatable bonds is 0. The number of nitrogens with one attached hydrogen (secondary N) is 1. The van der Waals surface area contributed by atoms with Crippen molar-refractivity contribution < 1.29 is 0 Å². The molecule has 1 saturated carbocycles. The largest absolute Gasteiger partial charge is 0.307 e. The van der Waals surface area contributed by atoms with Crippen LogP contribution in [0.25, 0.3) is 0 Å². The Kier molecular flexibility index (Phi) is 1.59. The van der Waals surface area contributed by atoms with E-state index in [0.29, 0.717) is 5.54 Å². The van der Waals surface area contributed by atoms with Gasteiger partial charge in [-0.15, -0.1) is 0 Å². The van der Waals surface area contributed by atoms with Gasteiger partial charge in [-0.05, 0) is 36.5 Å². The maximum absolute atomic E-state index is 3.64. The highest BCUT2D eigenvalue weighted by Gasteiger charge is 2.44. The van der Waals surface area contributed by atoms with Gasteiger partial charge in [0.2, 0.25) is 0 Å². The Hall–Kier alpha value is -0.340. The van der Waals surface area contributed by atoms with Gasteiger partial charge in [-0.1, -0.05) is 28.1 Å². The summed E-state index contributed by atoms with van der Waals surface area (Å²) in [5, 5.41) is 3.64. The predicted octanol–water partition coefficient (Wildman–Crippen LogP) is 2.63. The van der Waals surface area contributed by atoms with Crippen LogP contribution in [0.1, 0.15) is 24.0 Å². The van der Waals surface area contributed by atoms with Crippen molar-refractivity contribution in [1.29, 1.82) is 0 Å². The molecule has 0 unspecified atom stereocenters. The summed E-state index contributed by atoms with van der Waals surface area (Å²) in [4.78, 5) is 0. The third-order valence-corrected chi connectivity index (χ3v) is 3.98. The summed E-state index contributed by atoms with van der Waals surface area (Å²) in [7, 11) is 0. The average Bonchev–Trinajstić information content (AvgIpc) is 2.85. The average molecular weight is 238 g/mol. The lowest BCUT2D eigenvalue weighted by molar-refractivity contribution is 0.463. The molecule has 1 heterocycles. The van der Waals surface area contributed by atoms with Gasteiger partial charge in [0.15, 0.2) is 0 Å². The van der Waals surface area contributed by atoms with E-state index in [2.05, 4.69) is 39.4 Å². The SMILES string of the molecule is Brc1cccc2c1CNC1(CC1)C2. The molecular formula is C11H12BrN. The molecule has 13 heavy (non-hydrogen) atoms. The molecule has 3 rings (SSSR count). The molecule has 1 aromatic rings. The third-order valence-electron chi connectivity index (χ3n) is 3.24. The zero-order valence-corrected chi connectivity index (χ0v) is 9.02. The Bertz CT molecular complexity index is 355. The summed E-state index contributed by atoms with van der Waals surface area (Å²) < 4.78 is 1.26. The van der Waals surface area contributed by atoms with Crippen molar-refractivity contribution >= 4 is 15.9 Å².